The highest BCUT2D eigenvalue weighted by Gasteiger charge is 2.14. The second-order valence-corrected chi connectivity index (χ2v) is 5.51. The van der Waals surface area contributed by atoms with Gasteiger partial charge in [0.25, 0.3) is 5.91 Å². The summed E-state index contributed by atoms with van der Waals surface area (Å²) >= 11 is 0. The fourth-order valence-electron chi connectivity index (χ4n) is 2.23. The molecule has 0 aliphatic rings. The number of para-hydroxylation sites is 1. The van der Waals surface area contributed by atoms with Gasteiger partial charge in [-0.05, 0) is 49.2 Å². The minimum absolute atomic E-state index is 0.207. The summed E-state index contributed by atoms with van der Waals surface area (Å²) in [7, 11) is 0. The number of hydrogen-bond acceptors (Lipinski definition) is 5. The maximum absolute atomic E-state index is 12.6. The maximum Gasteiger partial charge on any atom is 0.257 e. The molecule has 0 aliphatic carbocycles. The third-order valence-corrected chi connectivity index (χ3v) is 3.78. The molecule has 0 saturated heterocycles. The molecule has 0 radical (unpaired) electrons. The number of hydrogen-bond donors (Lipinski definition) is 2. The van der Waals surface area contributed by atoms with Crippen molar-refractivity contribution in [3.63, 3.8) is 0 Å². The monoisotopic (exact) mass is 341 g/mol. The van der Waals surface area contributed by atoms with Crippen LogP contribution in [0.4, 0.5) is 11.4 Å². The normalized spacial score (nSPS) is 9.19. The van der Waals surface area contributed by atoms with Crippen molar-refractivity contribution in [3.8, 4) is 18.2 Å². The van der Waals surface area contributed by atoms with Gasteiger partial charge in [0.05, 0.1) is 11.3 Å². The first-order chi connectivity index (χ1) is 12.5. The van der Waals surface area contributed by atoms with Gasteiger partial charge < -0.3 is 10.6 Å². The topological polar surface area (TPSA) is 112 Å². The van der Waals surface area contributed by atoms with Crippen molar-refractivity contribution in [2.75, 3.05) is 10.6 Å². The van der Waals surface area contributed by atoms with Gasteiger partial charge in [-0.1, -0.05) is 18.2 Å². The molecule has 0 heterocycles. The van der Waals surface area contributed by atoms with E-state index in [-0.39, 0.29) is 22.7 Å². The molecular weight excluding hydrogens is 326 g/mol. The Morgan fingerprint density at radius 1 is 0.885 bits per heavy atom. The van der Waals surface area contributed by atoms with Crippen molar-refractivity contribution in [2.24, 2.45) is 0 Å². The molecule has 2 N–H and O–H groups in total. The van der Waals surface area contributed by atoms with Crippen LogP contribution < -0.4 is 10.6 Å². The van der Waals surface area contributed by atoms with E-state index in [9.17, 15) is 4.79 Å². The van der Waals surface area contributed by atoms with Crippen LogP contribution in [0.15, 0.2) is 53.7 Å². The molecule has 2 rings (SSSR count). The van der Waals surface area contributed by atoms with E-state index in [1.54, 1.807) is 48.5 Å². The number of aryl methyl sites for hydroxylation is 2. The van der Waals surface area contributed by atoms with Crippen LogP contribution in [0.25, 0.3) is 0 Å². The molecule has 0 spiro atoms. The van der Waals surface area contributed by atoms with Gasteiger partial charge in [0.2, 0.25) is 0 Å². The molecule has 6 nitrogen and oxygen atoms in total. The predicted molar refractivity (Wildman–Crippen MR) is 97.8 cm³/mol. The molecule has 0 fully saturated rings. The molecule has 0 atom stereocenters. The summed E-state index contributed by atoms with van der Waals surface area (Å²) in [6, 6.07) is 17.2. The number of carbonyl (C=O) groups excluding carboxylic acids is 1. The highest BCUT2D eigenvalue weighted by Crippen LogP contribution is 2.21. The molecule has 0 unspecified atom stereocenters. The first-order valence-corrected chi connectivity index (χ1v) is 7.69. The average molecular weight is 341 g/mol. The minimum atomic E-state index is -0.371. The summed E-state index contributed by atoms with van der Waals surface area (Å²) in [5.74, 6) is -0.371. The van der Waals surface area contributed by atoms with Gasteiger partial charge in [-0.15, -0.1) is 0 Å². The lowest BCUT2D eigenvalue weighted by molar-refractivity contribution is 0.102. The second-order valence-electron chi connectivity index (χ2n) is 5.51. The Kier molecular flexibility index (Phi) is 5.72. The first-order valence-electron chi connectivity index (χ1n) is 7.69. The van der Waals surface area contributed by atoms with E-state index >= 15 is 0 Å². The second kappa shape index (κ2) is 8.15. The quantitative estimate of drug-likeness (QED) is 0.821. The van der Waals surface area contributed by atoms with Crippen LogP contribution in [0.5, 0.6) is 0 Å². The molecule has 26 heavy (non-hydrogen) atoms. The van der Waals surface area contributed by atoms with Crippen LogP contribution in [0, 0.1) is 47.8 Å². The number of amides is 1. The number of nitrogens with one attached hydrogen (secondary N) is 2. The van der Waals surface area contributed by atoms with E-state index in [0.717, 1.165) is 11.1 Å². The smallest absolute Gasteiger partial charge is 0.257 e. The molecule has 0 aliphatic heterocycles. The van der Waals surface area contributed by atoms with Gasteiger partial charge in [0.1, 0.15) is 23.9 Å². The Balaban J connectivity index is 2.34. The number of nitrogens with zero attached hydrogens (tertiary/aromatic N) is 3. The zero-order valence-electron chi connectivity index (χ0n) is 14.3. The lowest BCUT2D eigenvalue weighted by Crippen LogP contribution is -2.15. The summed E-state index contributed by atoms with van der Waals surface area (Å²) in [6.07, 6.45) is 0. The molecule has 1 amide bonds. The Morgan fingerprint density at radius 3 is 2.19 bits per heavy atom. The summed E-state index contributed by atoms with van der Waals surface area (Å²) in [6.45, 7) is 3.94. The number of nitriles is 3. The average Bonchev–Trinajstić information content (AvgIpc) is 2.65. The van der Waals surface area contributed by atoms with Crippen LogP contribution >= 0.6 is 0 Å². The molecule has 0 aromatic heterocycles. The van der Waals surface area contributed by atoms with Crippen LogP contribution in [-0.4, -0.2) is 5.91 Å². The molecule has 0 saturated carbocycles. The Bertz CT molecular complexity index is 1000. The van der Waals surface area contributed by atoms with E-state index in [4.69, 9.17) is 15.8 Å². The van der Waals surface area contributed by atoms with Crippen molar-refractivity contribution in [1.82, 2.24) is 0 Å². The van der Waals surface area contributed by atoms with E-state index in [1.165, 1.54) is 0 Å². The third-order valence-electron chi connectivity index (χ3n) is 3.78. The van der Waals surface area contributed by atoms with Gasteiger partial charge in [0, 0.05) is 5.69 Å². The maximum atomic E-state index is 12.6. The van der Waals surface area contributed by atoms with Gasteiger partial charge in [0.15, 0.2) is 5.57 Å². The first kappa shape index (κ1) is 18.3. The molecule has 2 aromatic rings. The van der Waals surface area contributed by atoms with Crippen molar-refractivity contribution in [2.45, 2.75) is 13.8 Å². The van der Waals surface area contributed by atoms with Gasteiger partial charge in [-0.25, -0.2) is 0 Å². The van der Waals surface area contributed by atoms with Gasteiger partial charge in [-0.2, -0.15) is 15.8 Å². The van der Waals surface area contributed by atoms with E-state index in [1.807, 2.05) is 26.0 Å². The highest BCUT2D eigenvalue weighted by atomic mass is 16.1. The number of anilines is 2. The summed E-state index contributed by atoms with van der Waals surface area (Å²) < 4.78 is 0. The van der Waals surface area contributed by atoms with E-state index < -0.39 is 0 Å². The fraction of sp³-hybridized carbons (Fsp3) is 0.100. The van der Waals surface area contributed by atoms with Crippen molar-refractivity contribution in [3.05, 3.63) is 70.4 Å². The zero-order chi connectivity index (χ0) is 19.1. The lowest BCUT2D eigenvalue weighted by Gasteiger charge is -2.12. The number of benzene rings is 2. The van der Waals surface area contributed by atoms with E-state index in [2.05, 4.69) is 10.6 Å². The number of rotatable bonds is 4. The van der Waals surface area contributed by atoms with Crippen LogP contribution in [0.3, 0.4) is 0 Å². The molecule has 0 bridgehead atoms. The summed E-state index contributed by atoms with van der Waals surface area (Å²) in [4.78, 5) is 12.6. The van der Waals surface area contributed by atoms with Crippen molar-refractivity contribution < 1.29 is 4.79 Å². The largest absolute Gasteiger partial charge is 0.344 e. The van der Waals surface area contributed by atoms with Gasteiger partial charge in [-0.3, -0.25) is 4.79 Å². The highest BCUT2D eigenvalue weighted by molar-refractivity contribution is 6.08. The predicted octanol–water partition coefficient (Wildman–Crippen LogP) is 3.79. The zero-order valence-corrected chi connectivity index (χ0v) is 14.3. The standard InChI is InChI=1S/C20H15N5O/c1-13-7-8-16(9-14(13)2)24-20(26)17-5-3-4-6-18(17)25-19(12-23)15(10-21)11-22/h3-9,25H,1-2H3,(H,24,26). The summed E-state index contributed by atoms with van der Waals surface area (Å²) in [5, 5.41) is 32.5. The Labute approximate surface area is 151 Å². The lowest BCUT2D eigenvalue weighted by atomic mass is 10.1. The van der Waals surface area contributed by atoms with Crippen LogP contribution in [0.2, 0.25) is 0 Å². The number of carbonyl (C=O) groups is 1. The van der Waals surface area contributed by atoms with Gasteiger partial charge >= 0.3 is 0 Å². The Morgan fingerprint density at radius 2 is 1.58 bits per heavy atom. The van der Waals surface area contributed by atoms with Crippen molar-refractivity contribution >= 4 is 17.3 Å². The molecular formula is C20H15N5O. The SMILES string of the molecule is Cc1ccc(NC(=O)c2ccccc2NC(C#N)=C(C#N)C#N)cc1C. The van der Waals surface area contributed by atoms with Crippen LogP contribution in [0.1, 0.15) is 21.5 Å². The minimum Gasteiger partial charge on any atom is -0.344 e. The molecule has 2 aromatic carbocycles. The Hall–Kier alpha value is -4.08. The summed E-state index contributed by atoms with van der Waals surface area (Å²) in [5.41, 5.74) is 2.88. The molecule has 6 heteroatoms. The van der Waals surface area contributed by atoms with E-state index in [0.29, 0.717) is 11.4 Å². The number of allylic oxidation sites excluding steroid dienone is 2. The van der Waals surface area contributed by atoms with Crippen LogP contribution in [-0.2, 0) is 0 Å². The fourth-order valence-corrected chi connectivity index (χ4v) is 2.23. The molecule has 126 valence electrons. The van der Waals surface area contributed by atoms with Crippen molar-refractivity contribution in [1.29, 1.82) is 15.8 Å². The third kappa shape index (κ3) is 4.06.